The number of rotatable bonds is 4. The first-order chi connectivity index (χ1) is 27.1. The average molecular weight is 709 g/mol. The number of hydrogen-bond acceptors (Lipinski definition) is 3. The maximum absolute atomic E-state index is 11.3. The van der Waals surface area contributed by atoms with Crippen LogP contribution in [0.2, 0.25) is 0 Å². The third kappa shape index (κ3) is 7.28. The number of hydrogen-bond donors (Lipinski definition) is 3. The Morgan fingerprint density at radius 3 is 1.15 bits per heavy atom. The quantitative estimate of drug-likeness (QED) is 0.170. The number of nitrogens with zero attached hydrogens (tertiary/aromatic N) is 2. The molecule has 0 saturated heterocycles. The van der Waals surface area contributed by atoms with Crippen LogP contribution in [-0.2, 0) is 0 Å². The first kappa shape index (κ1) is 33.3. The van der Waals surface area contributed by atoms with Crippen LogP contribution in [0.3, 0.4) is 0 Å². The van der Waals surface area contributed by atoms with E-state index in [1.54, 1.807) is 0 Å². The van der Waals surface area contributed by atoms with Crippen molar-refractivity contribution in [1.82, 2.24) is 19.9 Å². The van der Waals surface area contributed by atoms with Crippen LogP contribution in [-0.4, -0.2) is 25.0 Å². The smallest absolute Gasteiger partial charge is 0.124 e. The summed E-state index contributed by atoms with van der Waals surface area (Å²) in [5.74, 6) is 0.281. The van der Waals surface area contributed by atoms with Crippen LogP contribution >= 0.6 is 0 Å². The highest BCUT2D eigenvalue weighted by Crippen LogP contribution is 2.49. The number of nitrogens with one attached hydrogen (secondary N) is 2. The number of fused-ring (bicyclic) bond motifs is 8. The fourth-order valence-electron chi connectivity index (χ4n) is 7.15. The highest BCUT2D eigenvalue weighted by Gasteiger charge is 2.22. The molecule has 0 aliphatic carbocycles. The Morgan fingerprint density at radius 2 is 0.691 bits per heavy atom. The molecule has 0 amide bonds. The molecule has 0 radical (unpaired) electrons. The molecule has 2 aliphatic heterocycles. The molecule has 5 nitrogen and oxygen atoms in total. The molecular formula is C50H36N4O. The first-order valence-electron chi connectivity index (χ1n) is 18.3. The summed E-state index contributed by atoms with van der Waals surface area (Å²) in [7, 11) is 0. The van der Waals surface area contributed by atoms with Gasteiger partial charge >= 0.3 is 0 Å². The predicted octanol–water partition coefficient (Wildman–Crippen LogP) is 12.7. The third-order valence-electron chi connectivity index (χ3n) is 9.62. The maximum Gasteiger partial charge on any atom is 0.124 e. The Hall–Kier alpha value is -7.50. The Bertz CT molecular complexity index is 2770. The molecule has 3 aromatic heterocycles. The molecule has 0 spiro atoms. The number of phenols is 1. The summed E-state index contributed by atoms with van der Waals surface area (Å²) in [5, 5.41) is 11.3. The van der Waals surface area contributed by atoms with Crippen molar-refractivity contribution in [2.45, 2.75) is 0 Å². The van der Waals surface area contributed by atoms with E-state index in [9.17, 15) is 5.11 Å². The van der Waals surface area contributed by atoms with E-state index in [0.717, 1.165) is 89.4 Å². The molecule has 55 heavy (non-hydrogen) atoms. The molecule has 0 atom stereocenters. The van der Waals surface area contributed by atoms with Gasteiger partial charge in [-0.25, -0.2) is 9.97 Å². The van der Waals surface area contributed by atoms with E-state index in [1.165, 1.54) is 0 Å². The Morgan fingerprint density at radius 1 is 0.327 bits per heavy atom. The van der Waals surface area contributed by atoms with Crippen molar-refractivity contribution < 1.29 is 5.11 Å². The molecular weight excluding hydrogens is 673 g/mol. The standard InChI is InChI=1S/C30H22O.C20H14N4/c31-27-21-26(22-13-5-1-6-14-22)28(23-15-7-2-8-16-23)30(25-19-11-4-12-20-25)29(27)24-17-9-3-10-18-24;1-2-14-10-16-5-6-18(23-16)12-20-8-7-19(24-20)11-17-4-3-15(22-17)9-13(1)21-14/h1-21,31H;1-12,21-22H. The summed E-state index contributed by atoms with van der Waals surface area (Å²) < 4.78 is 0. The SMILES string of the molecule is C1=Cc2cc3ccc(cc4ccc(cc5nc(cc1n2)C=C5)[nH]4)[nH]3.Oc1cc(-c2ccccc2)c(-c2ccccc2)c(-c2ccccc2)c1-c1ccccc1. The highest BCUT2D eigenvalue weighted by molar-refractivity contribution is 6.03. The number of benzene rings is 5. The van der Waals surface area contributed by atoms with Crippen LogP contribution in [0.15, 0.2) is 176 Å². The number of aromatic hydroxyl groups is 1. The van der Waals surface area contributed by atoms with Crippen molar-refractivity contribution >= 4 is 46.4 Å². The van der Waals surface area contributed by atoms with Crippen LogP contribution in [0.4, 0.5) is 0 Å². The molecule has 2 aliphatic rings. The lowest BCUT2D eigenvalue weighted by Crippen LogP contribution is -1.95. The topological polar surface area (TPSA) is 77.6 Å². The molecule has 5 heteroatoms. The average Bonchev–Trinajstić information content (AvgIpc) is 4.06. The van der Waals surface area contributed by atoms with Gasteiger partial charge in [0, 0.05) is 33.2 Å². The lowest BCUT2D eigenvalue weighted by molar-refractivity contribution is 0.478. The van der Waals surface area contributed by atoms with E-state index in [4.69, 9.17) is 0 Å². The lowest BCUT2D eigenvalue weighted by atomic mass is 9.82. The molecule has 0 unspecified atom stereocenters. The maximum atomic E-state index is 11.3. The third-order valence-corrected chi connectivity index (χ3v) is 9.62. The van der Waals surface area contributed by atoms with Crippen molar-refractivity contribution in [1.29, 1.82) is 0 Å². The second kappa shape index (κ2) is 14.9. The van der Waals surface area contributed by atoms with Gasteiger partial charge in [0.05, 0.1) is 22.8 Å². The molecule has 8 aromatic rings. The minimum atomic E-state index is 0.281. The van der Waals surface area contributed by atoms with E-state index in [0.29, 0.717) is 0 Å². The zero-order valence-electron chi connectivity index (χ0n) is 29.9. The summed E-state index contributed by atoms with van der Waals surface area (Å²) in [5.41, 5.74) is 16.2. The van der Waals surface area contributed by atoms with Gasteiger partial charge < -0.3 is 15.1 Å². The van der Waals surface area contributed by atoms with Gasteiger partial charge in [0.2, 0.25) is 0 Å². The molecule has 5 aromatic carbocycles. The van der Waals surface area contributed by atoms with Crippen molar-refractivity contribution in [2.24, 2.45) is 0 Å². The van der Waals surface area contributed by atoms with Crippen LogP contribution in [0.1, 0.15) is 22.8 Å². The summed E-state index contributed by atoms with van der Waals surface area (Å²) in [6, 6.07) is 59.5. The number of aromatic amines is 2. The summed E-state index contributed by atoms with van der Waals surface area (Å²) in [6.45, 7) is 0. The van der Waals surface area contributed by atoms with E-state index in [2.05, 4.69) is 111 Å². The van der Waals surface area contributed by atoms with Gasteiger partial charge in [-0.2, -0.15) is 0 Å². The molecule has 0 fully saturated rings. The molecule has 262 valence electrons. The molecule has 3 N–H and O–H groups in total. The monoisotopic (exact) mass is 708 g/mol. The molecule has 5 heterocycles. The van der Waals surface area contributed by atoms with Crippen LogP contribution in [0.25, 0.3) is 90.9 Å². The highest BCUT2D eigenvalue weighted by atomic mass is 16.3. The minimum Gasteiger partial charge on any atom is -0.507 e. The Kier molecular flexibility index (Phi) is 9.01. The zero-order chi connectivity index (χ0) is 37.0. The predicted molar refractivity (Wildman–Crippen MR) is 229 cm³/mol. The van der Waals surface area contributed by atoms with Gasteiger partial charge in [0.25, 0.3) is 0 Å². The van der Waals surface area contributed by atoms with E-state index < -0.39 is 0 Å². The van der Waals surface area contributed by atoms with E-state index in [1.807, 2.05) is 109 Å². The van der Waals surface area contributed by atoms with Crippen LogP contribution in [0.5, 0.6) is 5.75 Å². The first-order valence-corrected chi connectivity index (χ1v) is 18.3. The zero-order valence-corrected chi connectivity index (χ0v) is 29.9. The number of aromatic nitrogens is 4. The molecule has 8 bridgehead atoms. The van der Waals surface area contributed by atoms with Gasteiger partial charge in [-0.05, 0) is 112 Å². The molecule has 10 rings (SSSR count). The fraction of sp³-hybridized carbons (Fsp3) is 0. The normalized spacial score (nSPS) is 11.6. The van der Waals surface area contributed by atoms with Crippen molar-refractivity contribution in [3.8, 4) is 50.3 Å². The van der Waals surface area contributed by atoms with Crippen molar-refractivity contribution in [2.75, 3.05) is 0 Å². The summed E-state index contributed by atoms with van der Waals surface area (Å²) >= 11 is 0. The van der Waals surface area contributed by atoms with E-state index in [-0.39, 0.29) is 5.75 Å². The Labute approximate surface area is 319 Å². The number of phenolic OH excluding ortho intramolecular Hbond substituents is 1. The summed E-state index contributed by atoms with van der Waals surface area (Å²) in [4.78, 5) is 16.0. The lowest BCUT2D eigenvalue weighted by Gasteiger charge is -2.22. The van der Waals surface area contributed by atoms with E-state index >= 15 is 0 Å². The van der Waals surface area contributed by atoms with Crippen molar-refractivity contribution in [3.05, 3.63) is 199 Å². The van der Waals surface area contributed by atoms with Gasteiger partial charge in [-0.15, -0.1) is 0 Å². The Balaban J connectivity index is 0.000000149. The van der Waals surface area contributed by atoms with Gasteiger partial charge in [-0.3, -0.25) is 0 Å². The molecule has 0 saturated carbocycles. The second-order valence-electron chi connectivity index (χ2n) is 13.4. The minimum absolute atomic E-state index is 0.281. The van der Waals surface area contributed by atoms with Crippen LogP contribution in [0, 0.1) is 0 Å². The number of H-pyrrole nitrogens is 2. The fourth-order valence-corrected chi connectivity index (χ4v) is 7.15. The van der Waals surface area contributed by atoms with Gasteiger partial charge in [0.1, 0.15) is 5.75 Å². The summed E-state index contributed by atoms with van der Waals surface area (Å²) in [6.07, 6.45) is 8.05. The largest absolute Gasteiger partial charge is 0.507 e. The second-order valence-corrected chi connectivity index (χ2v) is 13.4. The van der Waals surface area contributed by atoms with Gasteiger partial charge in [-0.1, -0.05) is 121 Å². The van der Waals surface area contributed by atoms with Crippen molar-refractivity contribution in [3.63, 3.8) is 0 Å². The van der Waals surface area contributed by atoms with Gasteiger partial charge in [0.15, 0.2) is 0 Å². The van der Waals surface area contributed by atoms with Crippen LogP contribution < -0.4 is 0 Å².